The molecule has 1 saturated heterocycles. The number of carbonyl (C=O) groups is 2. The second-order valence-corrected chi connectivity index (χ2v) is 5.98. The minimum Gasteiger partial charge on any atom is -0.341 e. The molecule has 1 aliphatic rings. The molecule has 0 radical (unpaired) electrons. The number of hydrogen-bond donors (Lipinski definition) is 2. The van der Waals surface area contributed by atoms with Crippen LogP contribution in [0, 0.1) is 5.92 Å². The van der Waals surface area contributed by atoms with E-state index in [1.54, 1.807) is 6.92 Å². The van der Waals surface area contributed by atoms with Gasteiger partial charge in [0.05, 0.1) is 0 Å². The minimum absolute atomic E-state index is 0.0254. The first-order valence-corrected chi connectivity index (χ1v) is 7.81. The van der Waals surface area contributed by atoms with Gasteiger partial charge in [-0.3, -0.25) is 4.79 Å². The zero-order chi connectivity index (χ0) is 15.1. The lowest BCUT2D eigenvalue weighted by Gasteiger charge is -2.30. The smallest absolute Gasteiger partial charge is 0.315 e. The summed E-state index contributed by atoms with van der Waals surface area (Å²) in [6.07, 6.45) is 4.21. The number of amides is 3. The van der Waals surface area contributed by atoms with Gasteiger partial charge in [-0.2, -0.15) is 0 Å². The number of rotatable bonds is 5. The Kier molecular flexibility index (Phi) is 6.82. The maximum Gasteiger partial charge on any atom is 0.315 e. The van der Waals surface area contributed by atoms with Gasteiger partial charge in [0.1, 0.15) is 6.04 Å². The molecule has 0 aromatic rings. The van der Waals surface area contributed by atoms with Crippen molar-refractivity contribution in [1.82, 2.24) is 15.5 Å². The number of carbonyl (C=O) groups excluding carboxylic acids is 2. The largest absolute Gasteiger partial charge is 0.341 e. The molecule has 20 heavy (non-hydrogen) atoms. The Morgan fingerprint density at radius 2 is 1.65 bits per heavy atom. The van der Waals surface area contributed by atoms with Gasteiger partial charge in [0.25, 0.3) is 0 Å². The van der Waals surface area contributed by atoms with Gasteiger partial charge in [-0.15, -0.1) is 0 Å². The molecule has 1 fully saturated rings. The highest BCUT2D eigenvalue weighted by Crippen LogP contribution is 2.10. The molecule has 0 unspecified atom stereocenters. The number of nitrogens with one attached hydrogen (secondary N) is 2. The summed E-state index contributed by atoms with van der Waals surface area (Å²) in [5, 5.41) is 5.69. The van der Waals surface area contributed by atoms with Crippen LogP contribution in [0.25, 0.3) is 0 Å². The van der Waals surface area contributed by atoms with E-state index in [1.807, 2.05) is 11.8 Å². The van der Waals surface area contributed by atoms with Crippen LogP contribution in [-0.4, -0.2) is 42.0 Å². The Bertz CT molecular complexity index is 325. The normalized spacial score (nSPS) is 18.6. The van der Waals surface area contributed by atoms with Crippen molar-refractivity contribution in [3.8, 4) is 0 Å². The van der Waals surface area contributed by atoms with Gasteiger partial charge < -0.3 is 15.5 Å². The molecular weight excluding hydrogens is 254 g/mol. The lowest BCUT2D eigenvalue weighted by molar-refractivity contribution is -0.133. The molecule has 116 valence electrons. The van der Waals surface area contributed by atoms with E-state index in [0.717, 1.165) is 32.4 Å². The molecule has 1 heterocycles. The fraction of sp³-hybridized carbons (Fsp3) is 0.867. The van der Waals surface area contributed by atoms with Crippen LogP contribution in [0.4, 0.5) is 4.79 Å². The summed E-state index contributed by atoms with van der Waals surface area (Å²) >= 11 is 0. The van der Waals surface area contributed by atoms with Gasteiger partial charge in [0.15, 0.2) is 0 Å². The molecule has 2 N–H and O–H groups in total. The van der Waals surface area contributed by atoms with Gasteiger partial charge in [-0.25, -0.2) is 4.79 Å². The van der Waals surface area contributed by atoms with Crippen molar-refractivity contribution >= 4 is 11.9 Å². The summed E-state index contributed by atoms with van der Waals surface area (Å²) in [4.78, 5) is 26.0. The Hall–Kier alpha value is -1.26. The van der Waals surface area contributed by atoms with Gasteiger partial charge >= 0.3 is 6.03 Å². The van der Waals surface area contributed by atoms with Crippen molar-refractivity contribution in [2.45, 2.75) is 65.5 Å². The molecule has 0 aromatic heterocycles. The Morgan fingerprint density at radius 3 is 2.15 bits per heavy atom. The van der Waals surface area contributed by atoms with Crippen LogP contribution in [0.5, 0.6) is 0 Å². The number of piperidine rings is 1. The molecule has 0 spiro atoms. The molecule has 2 atom stereocenters. The molecule has 5 nitrogen and oxygen atoms in total. The third kappa shape index (κ3) is 5.02. The van der Waals surface area contributed by atoms with Crippen LogP contribution in [-0.2, 0) is 4.79 Å². The fourth-order valence-electron chi connectivity index (χ4n) is 2.60. The highest BCUT2D eigenvalue weighted by molar-refractivity contribution is 5.86. The van der Waals surface area contributed by atoms with E-state index >= 15 is 0 Å². The van der Waals surface area contributed by atoms with Crippen LogP contribution in [0.2, 0.25) is 0 Å². The number of hydrogen-bond acceptors (Lipinski definition) is 2. The molecule has 1 rings (SSSR count). The number of likely N-dealkylation sites (tertiary alicyclic amines) is 1. The van der Waals surface area contributed by atoms with Crippen molar-refractivity contribution in [3.63, 3.8) is 0 Å². The SMILES string of the molecule is CC[C@H](NC(=O)N[C@@H](C)C(=O)N1CCCCC1)C(C)C. The Balaban J connectivity index is 2.41. The monoisotopic (exact) mass is 283 g/mol. The van der Waals surface area contributed by atoms with E-state index in [4.69, 9.17) is 0 Å². The minimum atomic E-state index is -0.460. The van der Waals surface area contributed by atoms with E-state index in [1.165, 1.54) is 6.42 Å². The predicted molar refractivity (Wildman–Crippen MR) is 80.5 cm³/mol. The number of nitrogens with zero attached hydrogens (tertiary/aromatic N) is 1. The van der Waals surface area contributed by atoms with Crippen LogP contribution in [0.15, 0.2) is 0 Å². The Morgan fingerprint density at radius 1 is 1.05 bits per heavy atom. The fourth-order valence-corrected chi connectivity index (χ4v) is 2.60. The third-order valence-electron chi connectivity index (χ3n) is 3.95. The van der Waals surface area contributed by atoms with Crippen molar-refractivity contribution < 1.29 is 9.59 Å². The van der Waals surface area contributed by atoms with Crippen LogP contribution < -0.4 is 10.6 Å². The van der Waals surface area contributed by atoms with E-state index in [2.05, 4.69) is 24.5 Å². The lowest BCUT2D eigenvalue weighted by Crippen LogP contribution is -2.53. The molecule has 3 amide bonds. The lowest BCUT2D eigenvalue weighted by atomic mass is 10.0. The van der Waals surface area contributed by atoms with Crippen molar-refractivity contribution in [2.24, 2.45) is 5.92 Å². The average molecular weight is 283 g/mol. The van der Waals surface area contributed by atoms with E-state index in [9.17, 15) is 9.59 Å². The predicted octanol–water partition coefficient (Wildman–Crippen LogP) is 2.12. The van der Waals surface area contributed by atoms with Crippen LogP contribution in [0.1, 0.15) is 53.4 Å². The summed E-state index contributed by atoms with van der Waals surface area (Å²) in [5.74, 6) is 0.413. The molecule has 1 aliphatic heterocycles. The summed E-state index contributed by atoms with van der Waals surface area (Å²) in [6.45, 7) is 9.60. The summed E-state index contributed by atoms with van der Waals surface area (Å²) in [5.41, 5.74) is 0. The van der Waals surface area contributed by atoms with Crippen molar-refractivity contribution in [1.29, 1.82) is 0 Å². The highest BCUT2D eigenvalue weighted by Gasteiger charge is 2.24. The molecule has 0 saturated carbocycles. The molecule has 0 aromatic carbocycles. The van der Waals surface area contributed by atoms with Gasteiger partial charge in [0.2, 0.25) is 5.91 Å². The standard InChI is InChI=1S/C15H29N3O2/c1-5-13(11(2)3)17-15(20)16-12(4)14(19)18-9-7-6-8-10-18/h11-13H,5-10H2,1-4H3,(H2,16,17,20)/t12-,13-/m0/s1. The first kappa shape index (κ1) is 16.8. The summed E-state index contributed by atoms with van der Waals surface area (Å²) in [7, 11) is 0. The Labute approximate surface area is 122 Å². The maximum absolute atomic E-state index is 12.2. The highest BCUT2D eigenvalue weighted by atomic mass is 16.2. The molecular formula is C15H29N3O2. The van der Waals surface area contributed by atoms with Crippen molar-refractivity contribution in [2.75, 3.05) is 13.1 Å². The van der Waals surface area contributed by atoms with Crippen molar-refractivity contribution in [3.05, 3.63) is 0 Å². The van der Waals surface area contributed by atoms with E-state index in [0.29, 0.717) is 5.92 Å². The summed E-state index contributed by atoms with van der Waals surface area (Å²) in [6, 6.07) is -0.562. The third-order valence-corrected chi connectivity index (χ3v) is 3.95. The quantitative estimate of drug-likeness (QED) is 0.812. The molecule has 0 aliphatic carbocycles. The van der Waals surface area contributed by atoms with E-state index < -0.39 is 6.04 Å². The van der Waals surface area contributed by atoms with Gasteiger partial charge in [-0.1, -0.05) is 20.8 Å². The van der Waals surface area contributed by atoms with Gasteiger partial charge in [0, 0.05) is 19.1 Å². The van der Waals surface area contributed by atoms with Crippen LogP contribution >= 0.6 is 0 Å². The summed E-state index contributed by atoms with van der Waals surface area (Å²) < 4.78 is 0. The first-order valence-electron chi connectivity index (χ1n) is 7.81. The molecule has 0 bridgehead atoms. The first-order chi connectivity index (χ1) is 9.45. The number of urea groups is 1. The topological polar surface area (TPSA) is 61.4 Å². The zero-order valence-corrected chi connectivity index (χ0v) is 13.2. The second kappa shape index (κ2) is 8.12. The zero-order valence-electron chi connectivity index (χ0n) is 13.2. The molecule has 5 heteroatoms. The van der Waals surface area contributed by atoms with Gasteiger partial charge in [-0.05, 0) is 38.5 Å². The van der Waals surface area contributed by atoms with E-state index in [-0.39, 0.29) is 18.0 Å². The average Bonchev–Trinajstić information content (AvgIpc) is 2.44. The maximum atomic E-state index is 12.2. The van der Waals surface area contributed by atoms with Crippen LogP contribution in [0.3, 0.4) is 0 Å². The second-order valence-electron chi connectivity index (χ2n) is 5.98.